The molecule has 0 spiro atoms. The first kappa shape index (κ1) is 18.4. The van der Waals surface area contributed by atoms with Gasteiger partial charge in [-0.1, -0.05) is 18.5 Å². The largest absolute Gasteiger partial charge is 0.481 e. The summed E-state index contributed by atoms with van der Waals surface area (Å²) in [6.45, 7) is 6.39. The van der Waals surface area contributed by atoms with E-state index in [1.54, 1.807) is 16.8 Å². The van der Waals surface area contributed by atoms with Crippen LogP contribution in [0.3, 0.4) is 0 Å². The first-order valence-electron chi connectivity index (χ1n) is 8.48. The molecule has 26 heavy (non-hydrogen) atoms. The number of pyridine rings is 1. The van der Waals surface area contributed by atoms with Crippen molar-refractivity contribution in [2.45, 2.75) is 27.2 Å². The fourth-order valence-corrected chi connectivity index (χ4v) is 3.59. The molecule has 1 N–H and O–H groups in total. The van der Waals surface area contributed by atoms with E-state index in [-0.39, 0.29) is 29.1 Å². The van der Waals surface area contributed by atoms with Gasteiger partial charge in [0.1, 0.15) is 5.69 Å². The van der Waals surface area contributed by atoms with Crippen LogP contribution in [0.2, 0.25) is 5.02 Å². The SMILES string of the molecule is Cc1cc(C)n(-c2ccc(Cl)c(C(=O)N3CC(C)CC(C(=O)O)C3)n2)n1. The molecule has 138 valence electrons. The van der Waals surface area contributed by atoms with E-state index in [0.29, 0.717) is 18.8 Å². The summed E-state index contributed by atoms with van der Waals surface area (Å²) >= 11 is 6.22. The fourth-order valence-electron chi connectivity index (χ4n) is 3.41. The zero-order chi connectivity index (χ0) is 19.0. The lowest BCUT2D eigenvalue weighted by Crippen LogP contribution is -2.45. The maximum absolute atomic E-state index is 13.0. The molecule has 0 aromatic carbocycles. The van der Waals surface area contributed by atoms with Crippen LogP contribution in [0, 0.1) is 25.7 Å². The molecule has 8 heteroatoms. The number of aromatic nitrogens is 3. The van der Waals surface area contributed by atoms with Gasteiger partial charge in [-0.05, 0) is 44.4 Å². The van der Waals surface area contributed by atoms with Crippen LogP contribution in [0.15, 0.2) is 18.2 Å². The Hall–Kier alpha value is -2.41. The highest BCUT2D eigenvalue weighted by Crippen LogP contribution is 2.25. The highest BCUT2D eigenvalue weighted by molar-refractivity contribution is 6.33. The molecule has 7 nitrogen and oxygen atoms in total. The molecule has 0 bridgehead atoms. The van der Waals surface area contributed by atoms with Crippen molar-refractivity contribution in [3.63, 3.8) is 0 Å². The predicted molar refractivity (Wildman–Crippen MR) is 96.7 cm³/mol. The zero-order valence-corrected chi connectivity index (χ0v) is 15.7. The second-order valence-electron chi connectivity index (χ2n) is 6.92. The Kier molecular flexibility index (Phi) is 5.00. The average Bonchev–Trinajstić information content (AvgIpc) is 2.92. The number of aliphatic carboxylic acids is 1. The third-order valence-electron chi connectivity index (χ3n) is 4.56. The van der Waals surface area contributed by atoms with Gasteiger partial charge in [0.25, 0.3) is 5.91 Å². The van der Waals surface area contributed by atoms with E-state index in [0.717, 1.165) is 11.4 Å². The molecule has 2 unspecified atom stereocenters. The molecular weight excluding hydrogens is 356 g/mol. The van der Waals surface area contributed by atoms with Crippen LogP contribution >= 0.6 is 11.6 Å². The summed E-state index contributed by atoms with van der Waals surface area (Å²) in [7, 11) is 0. The Morgan fingerprint density at radius 1 is 1.27 bits per heavy atom. The summed E-state index contributed by atoms with van der Waals surface area (Å²) in [6, 6.07) is 5.24. The number of amides is 1. The van der Waals surface area contributed by atoms with E-state index < -0.39 is 11.9 Å². The molecule has 2 aromatic rings. The lowest BCUT2D eigenvalue weighted by atomic mass is 9.90. The number of rotatable bonds is 3. The highest BCUT2D eigenvalue weighted by atomic mass is 35.5. The minimum atomic E-state index is -0.884. The van der Waals surface area contributed by atoms with Gasteiger partial charge >= 0.3 is 5.97 Å². The van der Waals surface area contributed by atoms with E-state index in [4.69, 9.17) is 11.6 Å². The van der Waals surface area contributed by atoms with E-state index in [9.17, 15) is 14.7 Å². The van der Waals surface area contributed by atoms with Crippen LogP contribution in [0.4, 0.5) is 0 Å². The van der Waals surface area contributed by atoms with Crippen molar-refractivity contribution in [2.75, 3.05) is 13.1 Å². The van der Waals surface area contributed by atoms with E-state index in [1.807, 2.05) is 26.8 Å². The lowest BCUT2D eigenvalue weighted by molar-refractivity contribution is -0.143. The molecule has 2 atom stereocenters. The van der Waals surface area contributed by atoms with Gasteiger partial charge in [0.15, 0.2) is 5.82 Å². The van der Waals surface area contributed by atoms with Crippen LogP contribution < -0.4 is 0 Å². The van der Waals surface area contributed by atoms with Crippen molar-refractivity contribution in [1.29, 1.82) is 0 Å². The molecule has 0 radical (unpaired) electrons. The number of piperidine rings is 1. The molecule has 1 aliphatic heterocycles. The minimum absolute atomic E-state index is 0.103. The normalized spacial score (nSPS) is 20.2. The van der Waals surface area contributed by atoms with Gasteiger partial charge < -0.3 is 10.0 Å². The number of carboxylic acid groups (broad SMARTS) is 1. The molecule has 0 saturated carbocycles. The standard InChI is InChI=1S/C18H21ClN4O3/c1-10-6-13(18(25)26)9-22(8-10)17(24)16-14(19)4-5-15(20-16)23-12(3)7-11(2)21-23/h4-5,7,10,13H,6,8-9H2,1-3H3,(H,25,26). The zero-order valence-electron chi connectivity index (χ0n) is 14.9. The van der Waals surface area contributed by atoms with E-state index >= 15 is 0 Å². The van der Waals surface area contributed by atoms with Gasteiger partial charge in [-0.25, -0.2) is 9.67 Å². The van der Waals surface area contributed by atoms with Gasteiger partial charge in [-0.15, -0.1) is 0 Å². The Labute approximate surface area is 156 Å². The number of carbonyl (C=O) groups is 2. The molecule has 2 aromatic heterocycles. The Bertz CT molecular complexity index is 864. The number of nitrogens with zero attached hydrogens (tertiary/aromatic N) is 4. The molecule has 3 rings (SSSR count). The summed E-state index contributed by atoms with van der Waals surface area (Å²) in [5, 5.41) is 13.9. The van der Waals surface area contributed by atoms with E-state index in [1.165, 1.54) is 4.90 Å². The van der Waals surface area contributed by atoms with Gasteiger partial charge in [0, 0.05) is 18.8 Å². The summed E-state index contributed by atoms with van der Waals surface area (Å²) < 4.78 is 1.65. The van der Waals surface area contributed by atoms with Crippen molar-refractivity contribution >= 4 is 23.5 Å². The van der Waals surface area contributed by atoms with Gasteiger partial charge in [0.05, 0.1) is 16.6 Å². The Balaban J connectivity index is 1.93. The summed E-state index contributed by atoms with van der Waals surface area (Å²) in [4.78, 5) is 30.3. The van der Waals surface area contributed by atoms with Crippen molar-refractivity contribution in [3.05, 3.63) is 40.3 Å². The second-order valence-corrected chi connectivity index (χ2v) is 7.33. The third-order valence-corrected chi connectivity index (χ3v) is 4.86. The van der Waals surface area contributed by atoms with Gasteiger partial charge in [-0.2, -0.15) is 5.10 Å². The van der Waals surface area contributed by atoms with Crippen molar-refractivity contribution in [3.8, 4) is 5.82 Å². The molecular formula is C18H21ClN4O3. The Morgan fingerprint density at radius 3 is 2.62 bits per heavy atom. The maximum Gasteiger partial charge on any atom is 0.308 e. The topological polar surface area (TPSA) is 88.3 Å². The van der Waals surface area contributed by atoms with Crippen molar-refractivity contribution in [1.82, 2.24) is 19.7 Å². The average molecular weight is 377 g/mol. The van der Waals surface area contributed by atoms with Crippen LogP contribution in [-0.2, 0) is 4.79 Å². The molecule has 1 fully saturated rings. The third kappa shape index (κ3) is 3.58. The van der Waals surface area contributed by atoms with Gasteiger partial charge in [-0.3, -0.25) is 9.59 Å². The van der Waals surface area contributed by atoms with Crippen molar-refractivity contribution in [2.24, 2.45) is 11.8 Å². The van der Waals surface area contributed by atoms with E-state index in [2.05, 4.69) is 10.1 Å². The first-order chi connectivity index (χ1) is 12.3. The first-order valence-corrected chi connectivity index (χ1v) is 8.86. The number of hydrogen-bond donors (Lipinski definition) is 1. The quantitative estimate of drug-likeness (QED) is 0.889. The van der Waals surface area contributed by atoms with Crippen LogP contribution in [-0.4, -0.2) is 49.7 Å². The number of hydrogen-bond acceptors (Lipinski definition) is 4. The van der Waals surface area contributed by atoms with Crippen molar-refractivity contribution < 1.29 is 14.7 Å². The molecule has 0 aliphatic carbocycles. The number of aryl methyl sites for hydroxylation is 2. The number of carboxylic acids is 1. The van der Waals surface area contributed by atoms with Crippen LogP contribution in [0.5, 0.6) is 0 Å². The van der Waals surface area contributed by atoms with Crippen LogP contribution in [0.1, 0.15) is 35.2 Å². The number of halogens is 1. The molecule has 1 aliphatic rings. The molecule has 3 heterocycles. The van der Waals surface area contributed by atoms with Crippen LogP contribution in [0.25, 0.3) is 5.82 Å². The second kappa shape index (κ2) is 7.07. The minimum Gasteiger partial charge on any atom is -0.481 e. The monoisotopic (exact) mass is 376 g/mol. The number of carbonyl (C=O) groups excluding carboxylic acids is 1. The lowest BCUT2D eigenvalue weighted by Gasteiger charge is -2.34. The highest BCUT2D eigenvalue weighted by Gasteiger charge is 2.33. The number of likely N-dealkylation sites (tertiary alicyclic amines) is 1. The molecule has 1 saturated heterocycles. The predicted octanol–water partition coefficient (Wildman–Crippen LogP) is 2.72. The van der Waals surface area contributed by atoms with Gasteiger partial charge in [0.2, 0.25) is 0 Å². The maximum atomic E-state index is 13.0. The molecule has 1 amide bonds. The summed E-state index contributed by atoms with van der Waals surface area (Å²) in [5.74, 6) is -1.20. The smallest absolute Gasteiger partial charge is 0.308 e. The fraction of sp³-hybridized carbons (Fsp3) is 0.444. The summed E-state index contributed by atoms with van der Waals surface area (Å²) in [6.07, 6.45) is 0.562. The summed E-state index contributed by atoms with van der Waals surface area (Å²) in [5.41, 5.74) is 1.87. The Morgan fingerprint density at radius 2 is 2.00 bits per heavy atom.